The van der Waals surface area contributed by atoms with Gasteiger partial charge < -0.3 is 0 Å². The van der Waals surface area contributed by atoms with E-state index in [4.69, 9.17) is 0 Å². The van der Waals surface area contributed by atoms with Gasteiger partial charge in [0.25, 0.3) is 0 Å². The fourth-order valence-corrected chi connectivity index (χ4v) is 11.0. The second-order valence-electron chi connectivity index (χ2n) is 16.8. The van der Waals surface area contributed by atoms with Crippen LogP contribution in [0.25, 0.3) is 0 Å². The van der Waals surface area contributed by atoms with Crippen molar-refractivity contribution in [3.63, 3.8) is 0 Å². The largest absolute Gasteiger partial charge is 0.340 e. The van der Waals surface area contributed by atoms with Crippen LogP contribution in [0.2, 0.25) is 0 Å². The van der Waals surface area contributed by atoms with Crippen LogP contribution in [0.3, 0.4) is 0 Å². The SMILES string of the molecule is FC1(F)c2ccc(c3c2[C@H]2C=C4CCc5ccc(cc5)CCC2=C[C@@H]43)C(F)(F)C(F)(F)c2ccc(c3c2[C@H]2C=C4CCc5ccc(cc5)CCC2=C[C@@H]43)C1(F)F. The van der Waals surface area contributed by atoms with Gasteiger partial charge in [0.2, 0.25) is 0 Å². The zero-order valence-electron chi connectivity index (χ0n) is 30.2. The lowest BCUT2D eigenvalue weighted by Crippen LogP contribution is -2.44. The van der Waals surface area contributed by atoms with Gasteiger partial charge in [0.1, 0.15) is 0 Å². The van der Waals surface area contributed by atoms with Crippen molar-refractivity contribution in [3.8, 4) is 0 Å². The van der Waals surface area contributed by atoms with Gasteiger partial charge in [-0.15, -0.1) is 0 Å². The highest BCUT2D eigenvalue weighted by molar-refractivity contribution is 5.68. The molecule has 15 aliphatic carbocycles. The van der Waals surface area contributed by atoms with Crippen molar-refractivity contribution in [2.45, 2.75) is 98.7 Å². The third-order valence-electron chi connectivity index (χ3n) is 13.9. The molecule has 19 rings (SSSR count). The first kappa shape index (κ1) is 34.5. The highest BCUT2D eigenvalue weighted by atomic mass is 19.3. The minimum atomic E-state index is -4.88. The average molecular weight is 765 g/mol. The molecule has 0 aliphatic heterocycles. The Morgan fingerprint density at radius 3 is 0.679 bits per heavy atom. The average Bonchev–Trinajstić information content (AvgIpc) is 3.18. The number of hydrogen-bond donors (Lipinski definition) is 0. The van der Waals surface area contributed by atoms with E-state index in [1.165, 1.54) is 0 Å². The highest BCUT2D eigenvalue weighted by Gasteiger charge is 2.67. The first-order valence-electron chi connectivity index (χ1n) is 19.6. The Bertz CT molecular complexity index is 2150. The summed E-state index contributed by atoms with van der Waals surface area (Å²) in [5.74, 6) is -23.7. The Labute approximate surface area is 319 Å². The van der Waals surface area contributed by atoms with E-state index >= 15 is 35.1 Å². The van der Waals surface area contributed by atoms with E-state index in [1.807, 2.05) is 48.5 Å². The number of fused-ring (bicyclic) bond motifs is 6. The van der Waals surface area contributed by atoms with E-state index in [0.717, 1.165) is 22.3 Å². The van der Waals surface area contributed by atoms with Crippen LogP contribution in [0.4, 0.5) is 35.1 Å². The molecule has 56 heavy (non-hydrogen) atoms. The molecule has 0 fully saturated rings. The summed E-state index contributed by atoms with van der Waals surface area (Å²) in [6.45, 7) is 0. The molecule has 0 unspecified atom stereocenters. The van der Waals surface area contributed by atoms with Crippen LogP contribution in [0, 0.1) is 0 Å². The molecule has 4 aromatic rings. The van der Waals surface area contributed by atoms with E-state index in [1.54, 1.807) is 24.3 Å². The van der Waals surface area contributed by atoms with Gasteiger partial charge in [-0.1, -0.05) is 119 Å². The van der Waals surface area contributed by atoms with Gasteiger partial charge in [-0.05, 0) is 95.9 Å². The van der Waals surface area contributed by atoms with Gasteiger partial charge in [0, 0.05) is 45.9 Å². The Kier molecular flexibility index (Phi) is 7.06. The molecule has 0 heterocycles. The summed E-state index contributed by atoms with van der Waals surface area (Å²) in [7, 11) is 0. The molecule has 0 nitrogen and oxygen atoms in total. The molecule has 0 saturated carbocycles. The Morgan fingerprint density at radius 1 is 0.286 bits per heavy atom. The molecule has 0 saturated heterocycles. The fraction of sp³-hybridized carbons (Fsp3) is 0.333. The lowest BCUT2D eigenvalue weighted by molar-refractivity contribution is -0.228. The fourth-order valence-electron chi connectivity index (χ4n) is 11.0. The predicted molar refractivity (Wildman–Crippen MR) is 198 cm³/mol. The summed E-state index contributed by atoms with van der Waals surface area (Å²) in [6.07, 6.45) is 10.5. The maximum Gasteiger partial charge on any atom is 0.340 e. The van der Waals surface area contributed by atoms with Crippen molar-refractivity contribution in [1.29, 1.82) is 0 Å². The molecule has 15 aliphatic rings. The number of alkyl halides is 8. The molecule has 4 aromatic carbocycles. The maximum atomic E-state index is 17.4. The zero-order chi connectivity index (χ0) is 38.5. The van der Waals surface area contributed by atoms with Crippen LogP contribution in [0.1, 0.15) is 116 Å². The third kappa shape index (κ3) is 4.53. The molecule has 284 valence electrons. The van der Waals surface area contributed by atoms with Gasteiger partial charge in [-0.2, -0.15) is 35.1 Å². The van der Waals surface area contributed by atoms with Crippen molar-refractivity contribution in [1.82, 2.24) is 0 Å². The van der Waals surface area contributed by atoms with E-state index < -0.39 is 69.6 Å². The van der Waals surface area contributed by atoms with Crippen LogP contribution in [0.5, 0.6) is 0 Å². The minimum Gasteiger partial charge on any atom is -0.194 e. The first-order valence-corrected chi connectivity index (χ1v) is 19.6. The van der Waals surface area contributed by atoms with Crippen molar-refractivity contribution in [2.75, 3.05) is 0 Å². The van der Waals surface area contributed by atoms with Crippen LogP contribution in [-0.4, -0.2) is 0 Å². The van der Waals surface area contributed by atoms with Gasteiger partial charge in [0.15, 0.2) is 0 Å². The zero-order valence-corrected chi connectivity index (χ0v) is 30.2. The van der Waals surface area contributed by atoms with Gasteiger partial charge in [-0.3, -0.25) is 0 Å². The van der Waals surface area contributed by atoms with Crippen LogP contribution in [-0.2, 0) is 49.4 Å². The summed E-state index contributed by atoms with van der Waals surface area (Å²) < 4.78 is 139. The lowest BCUT2D eigenvalue weighted by Gasteiger charge is -2.46. The predicted octanol–water partition coefficient (Wildman–Crippen LogP) is 13.0. The van der Waals surface area contributed by atoms with Gasteiger partial charge in [0.05, 0.1) is 0 Å². The number of hydrogen-bond acceptors (Lipinski definition) is 0. The van der Waals surface area contributed by atoms with E-state index in [9.17, 15) is 0 Å². The molecule has 8 heteroatoms. The molecular formula is C48H36F8. The van der Waals surface area contributed by atoms with Gasteiger partial charge in [-0.25, -0.2) is 0 Å². The molecule has 16 bridgehead atoms. The number of allylic oxidation sites excluding steroid dienone is 8. The van der Waals surface area contributed by atoms with Gasteiger partial charge >= 0.3 is 23.7 Å². The van der Waals surface area contributed by atoms with Crippen molar-refractivity contribution in [2.24, 2.45) is 0 Å². The van der Waals surface area contributed by atoms with E-state index in [2.05, 4.69) is 0 Å². The monoisotopic (exact) mass is 764 g/mol. The second kappa shape index (κ2) is 11.4. The van der Waals surface area contributed by atoms with E-state index in [0.29, 0.717) is 97.9 Å². The van der Waals surface area contributed by atoms with Crippen LogP contribution < -0.4 is 0 Å². The number of rotatable bonds is 0. The number of halogens is 8. The van der Waals surface area contributed by atoms with Crippen LogP contribution >= 0.6 is 0 Å². The molecule has 0 radical (unpaired) electrons. The minimum absolute atomic E-state index is 0.368. The Balaban J connectivity index is 1.14. The van der Waals surface area contributed by atoms with E-state index in [-0.39, 0.29) is 22.3 Å². The topological polar surface area (TPSA) is 0 Å². The van der Waals surface area contributed by atoms with Crippen molar-refractivity contribution in [3.05, 3.63) is 186 Å². The smallest absolute Gasteiger partial charge is 0.194 e. The second-order valence-corrected chi connectivity index (χ2v) is 16.8. The lowest BCUT2D eigenvalue weighted by atomic mass is 9.60. The summed E-state index contributed by atoms with van der Waals surface area (Å²) in [5, 5.41) is 0. The molecule has 0 aromatic heterocycles. The maximum absolute atomic E-state index is 17.4. The Morgan fingerprint density at radius 2 is 0.482 bits per heavy atom. The molecular weight excluding hydrogens is 729 g/mol. The number of aryl methyl sites for hydroxylation is 4. The summed E-state index contributed by atoms with van der Waals surface area (Å²) in [6, 6.07) is 18.3. The first-order chi connectivity index (χ1) is 26.8. The van der Waals surface area contributed by atoms with Crippen molar-refractivity contribution < 1.29 is 35.1 Å². The van der Waals surface area contributed by atoms with Crippen molar-refractivity contribution >= 4 is 0 Å². The molecule has 4 atom stereocenters. The standard InChI is InChI=1S/C48H36F8/c49-45(50)37-17-18-38(42-34-21-29-13-9-25-1-2-26(4-3-25)10-14-30(34)22-33(29)41(37)42)46(51,52)48(55,56)40-20-19-39(47(45,53)54)43-35-23-32-16-12-28-7-5-27(6-8-28)11-15-31(35)24-36(32)44(40)43/h1-8,17-24,33-36H,9-16H2/t33-,34-,35-,36-/m0/s1. The third-order valence-corrected chi connectivity index (χ3v) is 13.9. The summed E-state index contributed by atoms with van der Waals surface area (Å²) in [5.41, 5.74) is 0.678. The summed E-state index contributed by atoms with van der Waals surface area (Å²) in [4.78, 5) is 0. The quantitative estimate of drug-likeness (QED) is 0.124. The molecule has 0 spiro atoms. The van der Waals surface area contributed by atoms with Crippen LogP contribution in [0.15, 0.2) is 119 Å². The normalized spacial score (nSPS) is 27.7. The number of benzene rings is 4. The molecule has 0 amide bonds. The Hall–Kier alpha value is -4.72. The highest BCUT2D eigenvalue weighted by Crippen LogP contribution is 2.65. The molecule has 0 N–H and O–H groups in total. The summed E-state index contributed by atoms with van der Waals surface area (Å²) >= 11 is 0.